The number of nitrogens with two attached hydrogens (primary N) is 2. The number of aromatic amines is 1. The molecule has 1 heterocycles. The van der Waals surface area contributed by atoms with Crippen molar-refractivity contribution in [2.24, 2.45) is 17.4 Å². The fourth-order valence-electron chi connectivity index (χ4n) is 1.72. The second kappa shape index (κ2) is 6.89. The zero-order valence-electron chi connectivity index (χ0n) is 11.2. The SMILES string of the molecule is CCC(C)C(NC(=O)C(N)Cc1cnc[nH]1)C(N)=O. The molecule has 1 aromatic heterocycles. The minimum atomic E-state index is -0.744. The van der Waals surface area contributed by atoms with Crippen LogP contribution in [0.25, 0.3) is 0 Å². The summed E-state index contributed by atoms with van der Waals surface area (Å²) in [6.45, 7) is 3.79. The minimum Gasteiger partial charge on any atom is -0.368 e. The first kappa shape index (κ1) is 15.2. The summed E-state index contributed by atoms with van der Waals surface area (Å²) < 4.78 is 0. The van der Waals surface area contributed by atoms with Crippen LogP contribution in [-0.4, -0.2) is 33.9 Å². The highest BCUT2D eigenvalue weighted by Gasteiger charge is 2.26. The number of carbonyl (C=O) groups is 2. The second-order valence-electron chi connectivity index (χ2n) is 4.66. The Hall–Kier alpha value is -1.89. The third kappa shape index (κ3) is 4.36. The number of amides is 2. The molecule has 0 spiro atoms. The van der Waals surface area contributed by atoms with Gasteiger partial charge in [0.2, 0.25) is 11.8 Å². The number of imidazole rings is 1. The zero-order chi connectivity index (χ0) is 14.4. The van der Waals surface area contributed by atoms with E-state index in [1.165, 1.54) is 6.33 Å². The monoisotopic (exact) mass is 267 g/mol. The predicted octanol–water partition coefficient (Wildman–Crippen LogP) is -0.704. The van der Waals surface area contributed by atoms with E-state index in [9.17, 15) is 9.59 Å². The molecule has 7 heteroatoms. The average Bonchev–Trinajstić information content (AvgIpc) is 2.86. The molecule has 0 aliphatic heterocycles. The second-order valence-corrected chi connectivity index (χ2v) is 4.66. The highest BCUT2D eigenvalue weighted by atomic mass is 16.2. The topological polar surface area (TPSA) is 127 Å². The van der Waals surface area contributed by atoms with E-state index in [-0.39, 0.29) is 5.92 Å². The van der Waals surface area contributed by atoms with Gasteiger partial charge in [-0.05, 0) is 5.92 Å². The molecule has 1 rings (SSSR count). The Balaban J connectivity index is 2.58. The van der Waals surface area contributed by atoms with Crippen LogP contribution >= 0.6 is 0 Å². The lowest BCUT2D eigenvalue weighted by atomic mass is 9.98. The molecular weight excluding hydrogens is 246 g/mol. The minimum absolute atomic E-state index is 0.0270. The molecule has 0 aliphatic carbocycles. The van der Waals surface area contributed by atoms with Crippen LogP contribution in [0.5, 0.6) is 0 Å². The van der Waals surface area contributed by atoms with Crippen LogP contribution in [0.4, 0.5) is 0 Å². The summed E-state index contributed by atoms with van der Waals surface area (Å²) in [7, 11) is 0. The van der Waals surface area contributed by atoms with Crippen molar-refractivity contribution in [3.63, 3.8) is 0 Å². The van der Waals surface area contributed by atoms with Crippen molar-refractivity contribution in [1.82, 2.24) is 15.3 Å². The largest absolute Gasteiger partial charge is 0.368 e. The van der Waals surface area contributed by atoms with Crippen molar-refractivity contribution >= 4 is 11.8 Å². The Bertz CT molecular complexity index is 418. The average molecular weight is 267 g/mol. The van der Waals surface area contributed by atoms with Crippen molar-refractivity contribution in [1.29, 1.82) is 0 Å². The Kier molecular flexibility index (Phi) is 5.50. The highest BCUT2D eigenvalue weighted by Crippen LogP contribution is 2.07. The van der Waals surface area contributed by atoms with E-state index in [0.717, 1.165) is 12.1 Å². The molecule has 106 valence electrons. The number of hydrogen-bond donors (Lipinski definition) is 4. The van der Waals surface area contributed by atoms with Gasteiger partial charge in [-0.25, -0.2) is 4.98 Å². The van der Waals surface area contributed by atoms with Gasteiger partial charge >= 0.3 is 0 Å². The van der Waals surface area contributed by atoms with Crippen LogP contribution in [0.3, 0.4) is 0 Å². The number of aromatic nitrogens is 2. The fourth-order valence-corrected chi connectivity index (χ4v) is 1.72. The van der Waals surface area contributed by atoms with E-state index in [1.54, 1.807) is 6.20 Å². The molecule has 0 aromatic carbocycles. The van der Waals surface area contributed by atoms with Crippen LogP contribution in [0.1, 0.15) is 26.0 Å². The highest BCUT2D eigenvalue weighted by molar-refractivity contribution is 5.89. The number of carbonyl (C=O) groups excluding carboxylic acids is 2. The summed E-state index contributed by atoms with van der Waals surface area (Å²) in [5.41, 5.74) is 11.8. The smallest absolute Gasteiger partial charge is 0.240 e. The van der Waals surface area contributed by atoms with Gasteiger partial charge in [0, 0.05) is 18.3 Å². The normalized spacial score (nSPS) is 15.5. The first-order valence-electron chi connectivity index (χ1n) is 6.28. The molecule has 2 amide bonds. The number of hydrogen-bond acceptors (Lipinski definition) is 4. The maximum absolute atomic E-state index is 11.9. The van der Waals surface area contributed by atoms with E-state index in [1.807, 2.05) is 13.8 Å². The Morgan fingerprint density at radius 3 is 2.68 bits per heavy atom. The van der Waals surface area contributed by atoms with Gasteiger partial charge in [-0.15, -0.1) is 0 Å². The summed E-state index contributed by atoms with van der Waals surface area (Å²) in [5.74, 6) is -0.962. The molecule has 19 heavy (non-hydrogen) atoms. The number of primary amides is 1. The summed E-state index contributed by atoms with van der Waals surface area (Å²) in [4.78, 5) is 30.0. The third-order valence-electron chi connectivity index (χ3n) is 3.15. The third-order valence-corrected chi connectivity index (χ3v) is 3.15. The number of H-pyrrole nitrogens is 1. The maximum Gasteiger partial charge on any atom is 0.240 e. The molecule has 0 bridgehead atoms. The Morgan fingerprint density at radius 1 is 1.53 bits per heavy atom. The summed E-state index contributed by atoms with van der Waals surface area (Å²) in [6, 6.07) is -1.43. The van der Waals surface area contributed by atoms with E-state index < -0.39 is 23.9 Å². The van der Waals surface area contributed by atoms with Crippen molar-refractivity contribution in [2.45, 2.75) is 38.8 Å². The molecule has 1 aromatic rings. The molecule has 3 unspecified atom stereocenters. The van der Waals surface area contributed by atoms with Crippen molar-refractivity contribution < 1.29 is 9.59 Å². The standard InChI is InChI=1S/C12H21N5O2/c1-3-7(2)10(11(14)18)17-12(19)9(13)4-8-5-15-6-16-8/h5-7,9-10H,3-4,13H2,1-2H3,(H2,14,18)(H,15,16)(H,17,19). The first-order chi connectivity index (χ1) is 8.95. The fraction of sp³-hybridized carbons (Fsp3) is 0.583. The van der Waals surface area contributed by atoms with Gasteiger partial charge in [-0.2, -0.15) is 0 Å². The van der Waals surface area contributed by atoms with E-state index >= 15 is 0 Å². The van der Waals surface area contributed by atoms with Gasteiger partial charge in [-0.1, -0.05) is 20.3 Å². The lowest BCUT2D eigenvalue weighted by Gasteiger charge is -2.22. The van der Waals surface area contributed by atoms with Gasteiger partial charge in [0.05, 0.1) is 12.4 Å². The Morgan fingerprint density at radius 2 is 2.21 bits per heavy atom. The number of nitrogens with zero attached hydrogens (tertiary/aromatic N) is 1. The van der Waals surface area contributed by atoms with Crippen LogP contribution in [-0.2, 0) is 16.0 Å². The molecule has 0 radical (unpaired) electrons. The van der Waals surface area contributed by atoms with Crippen LogP contribution in [0.2, 0.25) is 0 Å². The van der Waals surface area contributed by atoms with E-state index in [4.69, 9.17) is 11.5 Å². The molecular formula is C12H21N5O2. The lowest BCUT2D eigenvalue weighted by molar-refractivity contribution is -0.129. The van der Waals surface area contributed by atoms with Gasteiger partial charge in [0.15, 0.2) is 0 Å². The molecule has 0 saturated carbocycles. The summed E-state index contributed by atoms with van der Waals surface area (Å²) >= 11 is 0. The van der Waals surface area contributed by atoms with Crippen molar-refractivity contribution in [3.05, 3.63) is 18.2 Å². The molecule has 6 N–H and O–H groups in total. The van der Waals surface area contributed by atoms with Crippen LogP contribution < -0.4 is 16.8 Å². The van der Waals surface area contributed by atoms with Crippen LogP contribution in [0, 0.1) is 5.92 Å². The van der Waals surface area contributed by atoms with Crippen LogP contribution in [0.15, 0.2) is 12.5 Å². The number of rotatable bonds is 7. The summed E-state index contributed by atoms with van der Waals surface area (Å²) in [6.07, 6.45) is 4.19. The summed E-state index contributed by atoms with van der Waals surface area (Å²) in [5, 5.41) is 2.61. The maximum atomic E-state index is 11.9. The van der Waals surface area contributed by atoms with Gasteiger partial charge in [0.25, 0.3) is 0 Å². The van der Waals surface area contributed by atoms with Gasteiger partial charge in [-0.3, -0.25) is 9.59 Å². The molecule has 3 atom stereocenters. The predicted molar refractivity (Wildman–Crippen MR) is 70.8 cm³/mol. The molecule has 0 aliphatic rings. The zero-order valence-corrected chi connectivity index (χ0v) is 11.2. The molecule has 7 nitrogen and oxygen atoms in total. The molecule has 0 fully saturated rings. The quantitative estimate of drug-likeness (QED) is 0.520. The first-order valence-corrected chi connectivity index (χ1v) is 6.28. The van der Waals surface area contributed by atoms with E-state index in [2.05, 4.69) is 15.3 Å². The molecule has 0 saturated heterocycles. The van der Waals surface area contributed by atoms with Gasteiger partial charge < -0.3 is 21.8 Å². The van der Waals surface area contributed by atoms with Crippen molar-refractivity contribution in [3.8, 4) is 0 Å². The van der Waals surface area contributed by atoms with E-state index in [0.29, 0.717) is 6.42 Å². The van der Waals surface area contributed by atoms with Gasteiger partial charge in [0.1, 0.15) is 6.04 Å². The lowest BCUT2D eigenvalue weighted by Crippen LogP contribution is -2.53. The Labute approximate surface area is 112 Å². The number of nitrogens with one attached hydrogen (secondary N) is 2. The van der Waals surface area contributed by atoms with Crippen molar-refractivity contribution in [2.75, 3.05) is 0 Å².